The molecule has 6 heteroatoms. The lowest BCUT2D eigenvalue weighted by molar-refractivity contribution is -0.147. The number of rotatable bonds is 7. The van der Waals surface area contributed by atoms with Gasteiger partial charge in [0.25, 0.3) is 11.8 Å². The second kappa shape index (κ2) is 7.13. The van der Waals surface area contributed by atoms with Crippen molar-refractivity contribution in [1.29, 1.82) is 0 Å². The minimum Gasteiger partial charge on any atom is -0.464 e. The molecule has 1 aromatic carbocycles. The SMILES string of the molecule is C=CCC(C(=O)OCC[Si](C)(C)C)N1C(=O)c2ccccc2C1=O. The molecule has 2 rings (SSSR count). The number of benzene rings is 1. The quantitative estimate of drug-likeness (QED) is 0.330. The third-order valence-electron chi connectivity index (χ3n) is 3.90. The number of fused-ring (bicyclic) bond motifs is 1. The van der Waals surface area contributed by atoms with Crippen molar-refractivity contribution in [2.24, 2.45) is 0 Å². The lowest BCUT2D eigenvalue weighted by Crippen LogP contribution is -2.45. The van der Waals surface area contributed by atoms with Crippen LogP contribution in [-0.2, 0) is 9.53 Å². The van der Waals surface area contributed by atoms with Crippen LogP contribution in [0, 0.1) is 0 Å². The van der Waals surface area contributed by atoms with Crippen LogP contribution in [0.3, 0.4) is 0 Å². The predicted molar refractivity (Wildman–Crippen MR) is 94.7 cm³/mol. The van der Waals surface area contributed by atoms with E-state index in [1.807, 2.05) is 0 Å². The summed E-state index contributed by atoms with van der Waals surface area (Å²) in [5, 5.41) is 0. The van der Waals surface area contributed by atoms with Crippen LogP contribution in [0.25, 0.3) is 0 Å². The first-order valence-corrected chi connectivity index (χ1v) is 11.7. The fourth-order valence-corrected chi connectivity index (χ4v) is 3.22. The third kappa shape index (κ3) is 3.81. The van der Waals surface area contributed by atoms with Gasteiger partial charge in [0, 0.05) is 8.07 Å². The molecule has 1 atom stereocenters. The Labute approximate surface area is 143 Å². The molecular weight excluding hydrogens is 322 g/mol. The first-order chi connectivity index (χ1) is 11.3. The van der Waals surface area contributed by atoms with E-state index in [2.05, 4.69) is 26.2 Å². The van der Waals surface area contributed by atoms with Crippen molar-refractivity contribution < 1.29 is 19.1 Å². The molecule has 2 amide bonds. The number of hydrogen-bond donors (Lipinski definition) is 0. The Morgan fingerprint density at radius 2 is 1.75 bits per heavy atom. The summed E-state index contributed by atoms with van der Waals surface area (Å²) in [7, 11) is -1.33. The van der Waals surface area contributed by atoms with Crippen LogP contribution in [0.1, 0.15) is 27.1 Å². The first-order valence-electron chi connectivity index (χ1n) is 8.00. The van der Waals surface area contributed by atoms with Gasteiger partial charge in [0.05, 0.1) is 17.7 Å². The maximum atomic E-state index is 12.5. The highest BCUT2D eigenvalue weighted by atomic mass is 28.3. The summed E-state index contributed by atoms with van der Waals surface area (Å²) in [6, 6.07) is 6.46. The van der Waals surface area contributed by atoms with E-state index in [0.29, 0.717) is 17.7 Å². The topological polar surface area (TPSA) is 63.7 Å². The summed E-state index contributed by atoms with van der Waals surface area (Å²) in [4.78, 5) is 38.5. The molecule has 1 unspecified atom stereocenters. The Morgan fingerprint density at radius 3 is 2.21 bits per heavy atom. The maximum Gasteiger partial charge on any atom is 0.329 e. The van der Waals surface area contributed by atoms with Gasteiger partial charge in [0.1, 0.15) is 6.04 Å². The van der Waals surface area contributed by atoms with Gasteiger partial charge in [-0.2, -0.15) is 0 Å². The van der Waals surface area contributed by atoms with Gasteiger partial charge in [-0.3, -0.25) is 14.5 Å². The van der Waals surface area contributed by atoms with Crippen molar-refractivity contribution in [2.75, 3.05) is 6.61 Å². The lowest BCUT2D eigenvalue weighted by Gasteiger charge is -2.24. The van der Waals surface area contributed by atoms with Crippen molar-refractivity contribution in [3.63, 3.8) is 0 Å². The summed E-state index contributed by atoms with van der Waals surface area (Å²) in [6.45, 7) is 10.5. The average molecular weight is 345 g/mol. The monoisotopic (exact) mass is 345 g/mol. The van der Waals surface area contributed by atoms with Gasteiger partial charge in [-0.15, -0.1) is 6.58 Å². The molecule has 0 saturated carbocycles. The molecule has 0 spiro atoms. The van der Waals surface area contributed by atoms with Crippen LogP contribution >= 0.6 is 0 Å². The van der Waals surface area contributed by atoms with Crippen LogP contribution in [0.15, 0.2) is 36.9 Å². The highest BCUT2D eigenvalue weighted by Crippen LogP contribution is 2.26. The van der Waals surface area contributed by atoms with E-state index in [4.69, 9.17) is 4.74 Å². The largest absolute Gasteiger partial charge is 0.464 e. The molecule has 24 heavy (non-hydrogen) atoms. The van der Waals surface area contributed by atoms with Crippen molar-refractivity contribution in [1.82, 2.24) is 4.90 Å². The number of esters is 1. The molecule has 1 aliphatic rings. The molecule has 5 nitrogen and oxygen atoms in total. The minimum atomic E-state index is -1.33. The van der Waals surface area contributed by atoms with E-state index in [-0.39, 0.29) is 6.42 Å². The van der Waals surface area contributed by atoms with Crippen molar-refractivity contribution in [3.8, 4) is 0 Å². The smallest absolute Gasteiger partial charge is 0.329 e. The van der Waals surface area contributed by atoms with Crippen LogP contribution < -0.4 is 0 Å². The van der Waals surface area contributed by atoms with Crippen LogP contribution in [0.5, 0.6) is 0 Å². The average Bonchev–Trinajstić information content (AvgIpc) is 2.76. The number of nitrogens with zero attached hydrogens (tertiary/aromatic N) is 1. The maximum absolute atomic E-state index is 12.5. The van der Waals surface area contributed by atoms with E-state index >= 15 is 0 Å². The second-order valence-corrected chi connectivity index (χ2v) is 12.7. The van der Waals surface area contributed by atoms with E-state index in [9.17, 15) is 14.4 Å². The molecule has 0 saturated heterocycles. The second-order valence-electron chi connectivity index (χ2n) is 7.04. The number of ether oxygens (including phenoxy) is 1. The molecule has 1 heterocycles. The van der Waals surface area contributed by atoms with Crippen molar-refractivity contribution in [2.45, 2.75) is 38.1 Å². The van der Waals surface area contributed by atoms with Gasteiger partial charge in [0.15, 0.2) is 0 Å². The summed E-state index contributed by atoms with van der Waals surface area (Å²) in [5.41, 5.74) is 0.651. The van der Waals surface area contributed by atoms with E-state index in [0.717, 1.165) is 10.9 Å². The standard InChI is InChI=1S/C18H23NO4Si/c1-5-8-15(18(22)23-11-12-24(2,3)4)19-16(20)13-9-6-7-10-14(13)17(19)21/h5-7,9-10,15H,1,8,11-12H2,2-4H3. The Kier molecular flexibility index (Phi) is 5.39. The Hall–Kier alpha value is -2.21. The number of carbonyl (C=O) groups is 3. The van der Waals surface area contributed by atoms with Gasteiger partial charge in [-0.1, -0.05) is 37.8 Å². The fraction of sp³-hybridized carbons (Fsp3) is 0.389. The van der Waals surface area contributed by atoms with Gasteiger partial charge in [0.2, 0.25) is 0 Å². The first kappa shape index (κ1) is 18.1. The minimum absolute atomic E-state index is 0.178. The summed E-state index contributed by atoms with van der Waals surface area (Å²) in [5.74, 6) is -1.46. The highest BCUT2D eigenvalue weighted by Gasteiger charge is 2.42. The van der Waals surface area contributed by atoms with Crippen molar-refractivity contribution in [3.05, 3.63) is 48.0 Å². The fourth-order valence-electron chi connectivity index (χ4n) is 2.51. The summed E-state index contributed by atoms with van der Waals surface area (Å²) >= 11 is 0. The molecule has 0 bridgehead atoms. The molecule has 0 radical (unpaired) electrons. The molecule has 128 valence electrons. The zero-order chi connectivity index (χ0) is 17.9. The molecule has 1 aliphatic heterocycles. The van der Waals surface area contributed by atoms with Crippen LogP contribution in [0.4, 0.5) is 0 Å². The molecule has 1 aromatic rings. The van der Waals surface area contributed by atoms with Gasteiger partial charge in [-0.25, -0.2) is 4.79 Å². The van der Waals surface area contributed by atoms with E-state index in [1.165, 1.54) is 6.08 Å². The third-order valence-corrected chi connectivity index (χ3v) is 5.60. The number of hydrogen-bond acceptors (Lipinski definition) is 4. The van der Waals surface area contributed by atoms with Crippen LogP contribution in [0.2, 0.25) is 25.7 Å². The molecule has 0 aromatic heterocycles. The summed E-state index contributed by atoms with van der Waals surface area (Å²) < 4.78 is 5.34. The van der Waals surface area contributed by atoms with Crippen LogP contribution in [-0.4, -0.2) is 43.4 Å². The zero-order valence-electron chi connectivity index (χ0n) is 14.4. The normalized spacial score (nSPS) is 15.2. The Bertz CT molecular complexity index is 643. The van der Waals surface area contributed by atoms with E-state index in [1.54, 1.807) is 24.3 Å². The van der Waals surface area contributed by atoms with Gasteiger partial charge >= 0.3 is 5.97 Å². The molecule has 0 fully saturated rings. The molecular formula is C18H23NO4Si. The molecule has 0 N–H and O–H groups in total. The van der Waals surface area contributed by atoms with E-state index < -0.39 is 31.9 Å². The lowest BCUT2D eigenvalue weighted by atomic mass is 10.1. The number of amides is 2. The van der Waals surface area contributed by atoms with Gasteiger partial charge < -0.3 is 4.74 Å². The Balaban J connectivity index is 2.16. The zero-order valence-corrected chi connectivity index (χ0v) is 15.4. The van der Waals surface area contributed by atoms with Crippen molar-refractivity contribution >= 4 is 25.9 Å². The number of imide groups is 1. The predicted octanol–water partition coefficient (Wildman–Crippen LogP) is 3.11. The molecule has 0 aliphatic carbocycles. The Morgan fingerprint density at radius 1 is 1.21 bits per heavy atom. The van der Waals surface area contributed by atoms with Gasteiger partial charge in [-0.05, 0) is 24.6 Å². The summed E-state index contributed by atoms with van der Waals surface area (Å²) in [6.07, 6.45) is 1.70. The highest BCUT2D eigenvalue weighted by molar-refractivity contribution is 6.76. The number of carbonyl (C=O) groups excluding carboxylic acids is 3.